The van der Waals surface area contributed by atoms with Crippen molar-refractivity contribution in [2.24, 2.45) is 11.7 Å². The standard InChI is InChI=1S/C19H31N3O2/c1-15(2)12-19(4,14-20)21-18(24)10-11-22(16(3)23)13-17-8-6-5-7-9-17/h5-9,15H,10-14,20H2,1-4H3,(H,21,24). The minimum Gasteiger partial charge on any atom is -0.350 e. The van der Waals surface area contributed by atoms with Crippen LogP contribution in [0.4, 0.5) is 0 Å². The molecule has 0 aromatic heterocycles. The number of hydrogen-bond acceptors (Lipinski definition) is 3. The van der Waals surface area contributed by atoms with E-state index in [-0.39, 0.29) is 18.2 Å². The maximum absolute atomic E-state index is 12.3. The smallest absolute Gasteiger partial charge is 0.222 e. The molecule has 0 aliphatic rings. The normalized spacial score (nSPS) is 13.4. The number of amides is 2. The van der Waals surface area contributed by atoms with Gasteiger partial charge in [-0.3, -0.25) is 9.59 Å². The van der Waals surface area contributed by atoms with Gasteiger partial charge in [-0.25, -0.2) is 0 Å². The average molecular weight is 333 g/mol. The van der Waals surface area contributed by atoms with E-state index in [2.05, 4.69) is 19.2 Å². The molecule has 0 aliphatic heterocycles. The molecule has 0 heterocycles. The van der Waals surface area contributed by atoms with E-state index >= 15 is 0 Å². The van der Waals surface area contributed by atoms with E-state index in [0.29, 0.717) is 25.6 Å². The number of nitrogens with zero attached hydrogens (tertiary/aromatic N) is 1. The summed E-state index contributed by atoms with van der Waals surface area (Å²) in [5.74, 6) is 0.351. The Morgan fingerprint density at radius 2 is 1.88 bits per heavy atom. The molecule has 0 aliphatic carbocycles. The highest BCUT2D eigenvalue weighted by molar-refractivity contribution is 5.78. The van der Waals surface area contributed by atoms with E-state index in [1.807, 2.05) is 37.3 Å². The second-order valence-electron chi connectivity index (χ2n) is 7.09. The third-order valence-corrected chi connectivity index (χ3v) is 4.02. The van der Waals surface area contributed by atoms with Crippen LogP contribution >= 0.6 is 0 Å². The molecule has 5 heteroatoms. The van der Waals surface area contributed by atoms with E-state index in [0.717, 1.165) is 12.0 Å². The third kappa shape index (κ3) is 7.13. The Kier molecular flexibility index (Phi) is 7.92. The van der Waals surface area contributed by atoms with E-state index < -0.39 is 5.54 Å². The van der Waals surface area contributed by atoms with Gasteiger partial charge in [-0.1, -0.05) is 44.2 Å². The second-order valence-corrected chi connectivity index (χ2v) is 7.09. The molecular formula is C19H31N3O2. The fourth-order valence-corrected chi connectivity index (χ4v) is 2.87. The fraction of sp³-hybridized carbons (Fsp3) is 0.579. The molecule has 2 amide bonds. The lowest BCUT2D eigenvalue weighted by molar-refractivity contribution is -0.130. The zero-order valence-corrected chi connectivity index (χ0v) is 15.3. The fourth-order valence-electron chi connectivity index (χ4n) is 2.87. The highest BCUT2D eigenvalue weighted by atomic mass is 16.2. The van der Waals surface area contributed by atoms with Crippen molar-refractivity contribution in [2.75, 3.05) is 13.1 Å². The largest absolute Gasteiger partial charge is 0.350 e. The molecule has 24 heavy (non-hydrogen) atoms. The predicted octanol–water partition coefficient (Wildman–Crippen LogP) is 2.30. The lowest BCUT2D eigenvalue weighted by Gasteiger charge is -2.31. The van der Waals surface area contributed by atoms with E-state index in [1.54, 1.807) is 4.90 Å². The molecule has 134 valence electrons. The molecular weight excluding hydrogens is 302 g/mol. The van der Waals surface area contributed by atoms with Gasteiger partial charge in [0.05, 0.1) is 0 Å². The number of nitrogens with two attached hydrogens (primary N) is 1. The number of carbonyl (C=O) groups is 2. The van der Waals surface area contributed by atoms with Gasteiger partial charge in [-0.05, 0) is 24.8 Å². The van der Waals surface area contributed by atoms with Crippen LogP contribution in [0.5, 0.6) is 0 Å². The van der Waals surface area contributed by atoms with E-state index in [4.69, 9.17) is 5.73 Å². The van der Waals surface area contributed by atoms with Crippen molar-refractivity contribution in [1.82, 2.24) is 10.2 Å². The first-order chi connectivity index (χ1) is 11.3. The summed E-state index contributed by atoms with van der Waals surface area (Å²) in [5.41, 5.74) is 6.49. The van der Waals surface area contributed by atoms with Crippen LogP contribution in [0.2, 0.25) is 0 Å². The quantitative estimate of drug-likeness (QED) is 0.728. The molecule has 0 saturated carbocycles. The molecule has 0 fully saturated rings. The molecule has 0 spiro atoms. The van der Waals surface area contributed by atoms with E-state index in [9.17, 15) is 9.59 Å². The number of hydrogen-bond donors (Lipinski definition) is 2. The Bertz CT molecular complexity index is 531. The van der Waals surface area contributed by atoms with Crippen molar-refractivity contribution >= 4 is 11.8 Å². The summed E-state index contributed by atoms with van der Waals surface area (Å²) < 4.78 is 0. The van der Waals surface area contributed by atoms with Gasteiger partial charge in [-0.2, -0.15) is 0 Å². The molecule has 0 saturated heterocycles. The van der Waals surface area contributed by atoms with Crippen molar-refractivity contribution in [3.63, 3.8) is 0 Å². The van der Waals surface area contributed by atoms with Gasteiger partial charge in [0.2, 0.25) is 11.8 Å². The summed E-state index contributed by atoms with van der Waals surface area (Å²) in [4.78, 5) is 25.8. The number of carbonyl (C=O) groups excluding carboxylic acids is 2. The minimum atomic E-state index is -0.397. The molecule has 0 radical (unpaired) electrons. The predicted molar refractivity (Wildman–Crippen MR) is 97.2 cm³/mol. The Labute approximate surface area is 145 Å². The van der Waals surface area contributed by atoms with Crippen molar-refractivity contribution in [1.29, 1.82) is 0 Å². The van der Waals surface area contributed by atoms with Gasteiger partial charge in [-0.15, -0.1) is 0 Å². The van der Waals surface area contributed by atoms with Crippen molar-refractivity contribution in [2.45, 2.75) is 52.6 Å². The second kappa shape index (κ2) is 9.42. The Hall–Kier alpha value is -1.88. The van der Waals surface area contributed by atoms with Crippen LogP contribution in [0, 0.1) is 5.92 Å². The first-order valence-corrected chi connectivity index (χ1v) is 8.56. The lowest BCUT2D eigenvalue weighted by atomic mass is 9.90. The summed E-state index contributed by atoms with van der Waals surface area (Å²) in [7, 11) is 0. The lowest BCUT2D eigenvalue weighted by Crippen LogP contribution is -2.52. The highest BCUT2D eigenvalue weighted by Gasteiger charge is 2.26. The minimum absolute atomic E-state index is 0.0320. The van der Waals surface area contributed by atoms with Crippen molar-refractivity contribution in [3.05, 3.63) is 35.9 Å². The molecule has 1 unspecified atom stereocenters. The molecule has 1 aromatic rings. The van der Waals surface area contributed by atoms with Crippen LogP contribution in [-0.2, 0) is 16.1 Å². The van der Waals surface area contributed by atoms with Gasteiger partial charge in [0.15, 0.2) is 0 Å². The van der Waals surface area contributed by atoms with Crippen molar-refractivity contribution < 1.29 is 9.59 Å². The first-order valence-electron chi connectivity index (χ1n) is 8.56. The monoisotopic (exact) mass is 333 g/mol. The zero-order valence-electron chi connectivity index (χ0n) is 15.3. The Balaban J connectivity index is 2.57. The third-order valence-electron chi connectivity index (χ3n) is 4.02. The van der Waals surface area contributed by atoms with Gasteiger partial charge in [0.1, 0.15) is 0 Å². The van der Waals surface area contributed by atoms with Gasteiger partial charge in [0.25, 0.3) is 0 Å². The van der Waals surface area contributed by atoms with Gasteiger partial charge >= 0.3 is 0 Å². The van der Waals surface area contributed by atoms with Crippen LogP contribution < -0.4 is 11.1 Å². The van der Waals surface area contributed by atoms with Crippen LogP contribution in [0.3, 0.4) is 0 Å². The first kappa shape index (κ1) is 20.2. The topological polar surface area (TPSA) is 75.4 Å². The van der Waals surface area contributed by atoms with Crippen LogP contribution in [0.1, 0.15) is 46.1 Å². The molecule has 1 rings (SSSR count). The molecule has 0 bridgehead atoms. The molecule has 1 atom stereocenters. The van der Waals surface area contributed by atoms with Gasteiger partial charge < -0.3 is 16.0 Å². The molecule has 1 aromatic carbocycles. The zero-order chi connectivity index (χ0) is 18.2. The summed E-state index contributed by atoms with van der Waals surface area (Å²) in [6.45, 7) is 9.04. The molecule has 3 N–H and O–H groups in total. The molecule has 5 nitrogen and oxygen atoms in total. The number of benzene rings is 1. The van der Waals surface area contributed by atoms with Crippen LogP contribution in [-0.4, -0.2) is 35.3 Å². The van der Waals surface area contributed by atoms with Gasteiger partial charge in [0, 0.05) is 38.5 Å². The Morgan fingerprint density at radius 3 is 2.38 bits per heavy atom. The highest BCUT2D eigenvalue weighted by Crippen LogP contribution is 2.15. The average Bonchev–Trinajstić information content (AvgIpc) is 2.51. The summed E-state index contributed by atoms with van der Waals surface area (Å²) in [5, 5.41) is 3.03. The SMILES string of the molecule is CC(=O)N(CCC(=O)NC(C)(CN)CC(C)C)Cc1ccccc1. The maximum atomic E-state index is 12.3. The summed E-state index contributed by atoms with van der Waals surface area (Å²) in [6.07, 6.45) is 1.11. The van der Waals surface area contributed by atoms with E-state index in [1.165, 1.54) is 6.92 Å². The maximum Gasteiger partial charge on any atom is 0.222 e. The number of rotatable bonds is 9. The number of nitrogens with one attached hydrogen (secondary N) is 1. The van der Waals surface area contributed by atoms with Crippen molar-refractivity contribution in [3.8, 4) is 0 Å². The Morgan fingerprint density at radius 1 is 1.25 bits per heavy atom. The van der Waals surface area contributed by atoms with Crippen LogP contribution in [0.25, 0.3) is 0 Å². The summed E-state index contributed by atoms with van der Waals surface area (Å²) >= 11 is 0. The van der Waals surface area contributed by atoms with Crippen LogP contribution in [0.15, 0.2) is 30.3 Å². The summed E-state index contributed by atoms with van der Waals surface area (Å²) in [6, 6.07) is 9.78.